The number of likely N-dealkylation sites (tertiary alicyclic amines) is 1. The molecule has 1 amide bonds. The molecular weight excluding hydrogens is 226 g/mol. The number of rotatable bonds is 2. The maximum Gasteiger partial charge on any atom is 0.253 e. The lowest BCUT2D eigenvalue weighted by Crippen LogP contribution is -2.27. The van der Waals surface area contributed by atoms with Crippen LogP contribution in [0.2, 0.25) is 0 Å². The molecule has 1 aromatic carbocycles. The Morgan fingerprint density at radius 2 is 2.17 bits per heavy atom. The predicted octanol–water partition coefficient (Wildman–Crippen LogP) is 2.36. The first kappa shape index (κ1) is 11.3. The number of aryl methyl sites for hydroxylation is 1. The Morgan fingerprint density at radius 3 is 2.89 bits per heavy atom. The molecule has 1 fully saturated rings. The van der Waals surface area contributed by atoms with Crippen molar-refractivity contribution in [3.8, 4) is 0 Å². The van der Waals surface area contributed by atoms with E-state index in [1.54, 1.807) is 6.20 Å². The maximum absolute atomic E-state index is 12.4. The van der Waals surface area contributed by atoms with Gasteiger partial charge in [-0.05, 0) is 37.0 Å². The molecule has 0 unspecified atom stereocenters. The summed E-state index contributed by atoms with van der Waals surface area (Å²) >= 11 is 0. The highest BCUT2D eigenvalue weighted by atomic mass is 16.2. The van der Waals surface area contributed by atoms with Gasteiger partial charge in [-0.15, -0.1) is 0 Å². The molecule has 2 aromatic rings. The van der Waals surface area contributed by atoms with Crippen LogP contribution in [0, 0.1) is 0 Å². The molecular formula is C14H17N3O. The summed E-state index contributed by atoms with van der Waals surface area (Å²) in [6, 6.07) is 3.94. The number of nitrogens with one attached hydrogen (secondary N) is 1. The molecule has 0 saturated carbocycles. The van der Waals surface area contributed by atoms with E-state index in [0.29, 0.717) is 0 Å². The number of nitrogens with zero attached hydrogens (tertiary/aromatic N) is 2. The topological polar surface area (TPSA) is 49.0 Å². The van der Waals surface area contributed by atoms with Crippen LogP contribution < -0.4 is 0 Å². The molecule has 1 aromatic heterocycles. The Labute approximate surface area is 106 Å². The lowest BCUT2D eigenvalue weighted by atomic mass is 10.0. The van der Waals surface area contributed by atoms with E-state index in [1.807, 2.05) is 17.0 Å². The average molecular weight is 243 g/mol. The zero-order valence-corrected chi connectivity index (χ0v) is 10.6. The molecule has 94 valence electrons. The van der Waals surface area contributed by atoms with Gasteiger partial charge >= 0.3 is 0 Å². The quantitative estimate of drug-likeness (QED) is 0.880. The number of aromatic nitrogens is 2. The highest BCUT2D eigenvalue weighted by Crippen LogP contribution is 2.21. The highest BCUT2D eigenvalue weighted by molar-refractivity contribution is 5.99. The van der Waals surface area contributed by atoms with Crippen molar-refractivity contribution in [2.24, 2.45) is 0 Å². The van der Waals surface area contributed by atoms with Gasteiger partial charge in [-0.2, -0.15) is 5.10 Å². The Balaban J connectivity index is 2.03. The summed E-state index contributed by atoms with van der Waals surface area (Å²) in [6.07, 6.45) is 4.94. The van der Waals surface area contributed by atoms with Gasteiger partial charge in [0.1, 0.15) is 0 Å². The van der Waals surface area contributed by atoms with Gasteiger partial charge in [-0.1, -0.05) is 6.92 Å². The SMILES string of the molecule is CCc1cc(C(=O)N2CCCC2)cc2cn[nH]c12. The van der Waals surface area contributed by atoms with Crippen LogP contribution in [0.1, 0.15) is 35.7 Å². The molecule has 1 N–H and O–H groups in total. The number of amides is 1. The van der Waals surface area contributed by atoms with Gasteiger partial charge in [0.2, 0.25) is 0 Å². The van der Waals surface area contributed by atoms with E-state index in [1.165, 1.54) is 0 Å². The number of hydrogen-bond donors (Lipinski definition) is 1. The molecule has 0 spiro atoms. The van der Waals surface area contributed by atoms with Crippen LogP contribution in [-0.4, -0.2) is 34.1 Å². The summed E-state index contributed by atoms with van der Waals surface area (Å²) in [4.78, 5) is 14.3. The normalized spacial score (nSPS) is 15.5. The van der Waals surface area contributed by atoms with Crippen LogP contribution in [0.3, 0.4) is 0 Å². The molecule has 0 atom stereocenters. The molecule has 1 aliphatic heterocycles. The first-order valence-corrected chi connectivity index (χ1v) is 6.55. The van der Waals surface area contributed by atoms with Gasteiger partial charge in [0.25, 0.3) is 5.91 Å². The smallest absolute Gasteiger partial charge is 0.253 e. The zero-order valence-electron chi connectivity index (χ0n) is 10.6. The van der Waals surface area contributed by atoms with E-state index in [9.17, 15) is 4.79 Å². The van der Waals surface area contributed by atoms with E-state index in [-0.39, 0.29) is 5.91 Å². The summed E-state index contributed by atoms with van der Waals surface area (Å²) in [5.74, 6) is 0.158. The number of H-pyrrole nitrogens is 1. The largest absolute Gasteiger partial charge is 0.339 e. The van der Waals surface area contributed by atoms with Gasteiger partial charge < -0.3 is 4.90 Å². The number of fused-ring (bicyclic) bond motifs is 1. The first-order chi connectivity index (χ1) is 8.79. The van der Waals surface area contributed by atoms with Crippen LogP contribution in [0.15, 0.2) is 18.3 Å². The molecule has 4 heteroatoms. The van der Waals surface area contributed by atoms with Crippen molar-refractivity contribution in [3.05, 3.63) is 29.5 Å². The molecule has 0 aliphatic carbocycles. The molecule has 0 bridgehead atoms. The third kappa shape index (κ3) is 1.78. The van der Waals surface area contributed by atoms with Crippen molar-refractivity contribution in [1.29, 1.82) is 0 Å². The van der Waals surface area contributed by atoms with Crippen LogP contribution in [-0.2, 0) is 6.42 Å². The van der Waals surface area contributed by atoms with Crippen LogP contribution >= 0.6 is 0 Å². The van der Waals surface area contributed by atoms with Gasteiger partial charge in [0, 0.05) is 24.0 Å². The highest BCUT2D eigenvalue weighted by Gasteiger charge is 2.20. The standard InChI is InChI=1S/C14H17N3O/c1-2-10-7-11(8-12-9-15-16-13(10)12)14(18)17-5-3-4-6-17/h7-9H,2-6H2,1H3,(H,15,16). The zero-order chi connectivity index (χ0) is 12.5. The third-order valence-electron chi connectivity index (χ3n) is 3.65. The van der Waals surface area contributed by atoms with Crippen LogP contribution in [0.5, 0.6) is 0 Å². The van der Waals surface area contributed by atoms with Gasteiger partial charge in [-0.25, -0.2) is 0 Å². The van der Waals surface area contributed by atoms with E-state index in [2.05, 4.69) is 17.1 Å². The van der Waals surface area contributed by atoms with E-state index < -0.39 is 0 Å². The Bertz CT molecular complexity index is 582. The minimum Gasteiger partial charge on any atom is -0.339 e. The Hall–Kier alpha value is -1.84. The number of benzene rings is 1. The summed E-state index contributed by atoms with van der Waals surface area (Å²) in [5, 5.41) is 8.08. The first-order valence-electron chi connectivity index (χ1n) is 6.55. The lowest BCUT2D eigenvalue weighted by molar-refractivity contribution is 0.0793. The monoisotopic (exact) mass is 243 g/mol. The van der Waals surface area contributed by atoms with Crippen molar-refractivity contribution < 1.29 is 4.79 Å². The number of aromatic amines is 1. The fraction of sp³-hybridized carbons (Fsp3) is 0.429. The number of carbonyl (C=O) groups is 1. The van der Waals surface area contributed by atoms with Crippen molar-refractivity contribution in [1.82, 2.24) is 15.1 Å². The van der Waals surface area contributed by atoms with Crippen molar-refractivity contribution >= 4 is 16.8 Å². The lowest BCUT2D eigenvalue weighted by Gasteiger charge is -2.15. The second-order valence-corrected chi connectivity index (χ2v) is 4.82. The minimum absolute atomic E-state index is 0.158. The van der Waals surface area contributed by atoms with Gasteiger partial charge in [0.15, 0.2) is 0 Å². The van der Waals surface area contributed by atoms with Gasteiger partial charge in [0.05, 0.1) is 11.7 Å². The van der Waals surface area contributed by atoms with E-state index in [0.717, 1.165) is 54.4 Å². The Morgan fingerprint density at radius 1 is 1.39 bits per heavy atom. The molecule has 4 nitrogen and oxygen atoms in total. The Kier molecular flexibility index (Phi) is 2.78. The van der Waals surface area contributed by atoms with Crippen molar-refractivity contribution in [2.45, 2.75) is 26.2 Å². The van der Waals surface area contributed by atoms with Gasteiger partial charge in [-0.3, -0.25) is 9.89 Å². The summed E-state index contributed by atoms with van der Waals surface area (Å²) in [6.45, 7) is 3.88. The fourth-order valence-corrected chi connectivity index (χ4v) is 2.64. The van der Waals surface area contributed by atoms with Crippen LogP contribution in [0.4, 0.5) is 0 Å². The molecule has 1 aliphatic rings. The summed E-state index contributed by atoms with van der Waals surface area (Å²) in [7, 11) is 0. The van der Waals surface area contributed by atoms with Crippen LogP contribution in [0.25, 0.3) is 10.9 Å². The van der Waals surface area contributed by atoms with Crippen molar-refractivity contribution in [3.63, 3.8) is 0 Å². The summed E-state index contributed by atoms with van der Waals surface area (Å²) in [5.41, 5.74) is 3.01. The second-order valence-electron chi connectivity index (χ2n) is 4.82. The number of hydrogen-bond acceptors (Lipinski definition) is 2. The van der Waals surface area contributed by atoms with E-state index in [4.69, 9.17) is 0 Å². The maximum atomic E-state index is 12.4. The molecule has 0 radical (unpaired) electrons. The van der Waals surface area contributed by atoms with E-state index >= 15 is 0 Å². The third-order valence-corrected chi connectivity index (χ3v) is 3.65. The molecule has 3 rings (SSSR count). The fourth-order valence-electron chi connectivity index (χ4n) is 2.64. The average Bonchev–Trinajstić information content (AvgIpc) is 3.07. The molecule has 2 heterocycles. The second kappa shape index (κ2) is 4.44. The predicted molar refractivity (Wildman–Crippen MR) is 70.6 cm³/mol. The number of carbonyl (C=O) groups excluding carboxylic acids is 1. The molecule has 1 saturated heterocycles. The summed E-state index contributed by atoms with van der Waals surface area (Å²) < 4.78 is 0. The molecule has 18 heavy (non-hydrogen) atoms. The minimum atomic E-state index is 0.158. The van der Waals surface area contributed by atoms with Crippen molar-refractivity contribution in [2.75, 3.05) is 13.1 Å².